The Morgan fingerprint density at radius 2 is 1.88 bits per heavy atom. The van der Waals surface area contributed by atoms with Gasteiger partial charge in [-0.25, -0.2) is 13.6 Å². The molecule has 0 aliphatic carbocycles. The van der Waals surface area contributed by atoms with Crippen molar-refractivity contribution >= 4 is 23.4 Å². The lowest BCUT2D eigenvalue weighted by Gasteiger charge is -2.22. The summed E-state index contributed by atoms with van der Waals surface area (Å²) < 4.78 is 39.5. The Morgan fingerprint density at radius 3 is 2.50 bits per heavy atom. The van der Waals surface area contributed by atoms with Crippen LogP contribution in [0.15, 0.2) is 12.1 Å². The number of carbonyl (C=O) groups is 2. The molecule has 0 spiro atoms. The van der Waals surface area contributed by atoms with Crippen molar-refractivity contribution in [3.8, 4) is 0 Å². The summed E-state index contributed by atoms with van der Waals surface area (Å²) in [7, 11) is 0. The van der Waals surface area contributed by atoms with Crippen molar-refractivity contribution in [3.63, 3.8) is 0 Å². The Morgan fingerprint density at radius 1 is 1.23 bits per heavy atom. The molecule has 3 fully saturated rings. The second kappa shape index (κ2) is 6.39. The van der Waals surface area contributed by atoms with E-state index < -0.39 is 23.8 Å². The highest BCUT2D eigenvalue weighted by Gasteiger charge is 2.48. The van der Waals surface area contributed by atoms with Crippen molar-refractivity contribution in [1.82, 2.24) is 5.32 Å². The molecule has 9 heteroatoms. The molecule has 140 valence electrons. The minimum absolute atomic E-state index is 0.0566. The summed E-state index contributed by atoms with van der Waals surface area (Å²) >= 11 is 0. The van der Waals surface area contributed by atoms with Gasteiger partial charge in [0, 0.05) is 31.6 Å². The number of hydrogen-bond acceptors (Lipinski definition) is 5. The van der Waals surface area contributed by atoms with Crippen LogP contribution >= 0.6 is 0 Å². The zero-order valence-electron chi connectivity index (χ0n) is 14.2. The summed E-state index contributed by atoms with van der Waals surface area (Å²) in [6.45, 7) is 2.91. The minimum Gasteiger partial charge on any atom is -0.442 e. The van der Waals surface area contributed by atoms with Crippen LogP contribution in [-0.2, 0) is 14.3 Å². The van der Waals surface area contributed by atoms with Gasteiger partial charge in [0.1, 0.15) is 24.0 Å². The zero-order chi connectivity index (χ0) is 18.4. The first-order valence-corrected chi connectivity index (χ1v) is 8.60. The number of benzene rings is 1. The molecule has 3 aliphatic heterocycles. The third-order valence-electron chi connectivity index (χ3n) is 4.84. The summed E-state index contributed by atoms with van der Waals surface area (Å²) in [6, 6.07) is 2.27. The molecule has 1 aromatic carbocycles. The number of amides is 2. The van der Waals surface area contributed by atoms with Crippen molar-refractivity contribution in [1.29, 1.82) is 0 Å². The molecule has 0 aromatic heterocycles. The van der Waals surface area contributed by atoms with Gasteiger partial charge in [0.05, 0.1) is 18.8 Å². The van der Waals surface area contributed by atoms with Crippen LogP contribution in [0.4, 0.5) is 25.0 Å². The van der Waals surface area contributed by atoms with E-state index >= 15 is 0 Å². The first-order chi connectivity index (χ1) is 12.5. The van der Waals surface area contributed by atoms with Gasteiger partial charge in [0.2, 0.25) is 5.91 Å². The van der Waals surface area contributed by atoms with Crippen molar-refractivity contribution in [2.45, 2.75) is 31.7 Å². The highest BCUT2D eigenvalue weighted by molar-refractivity contribution is 5.90. The fraction of sp³-hybridized carbons (Fsp3) is 0.529. The van der Waals surface area contributed by atoms with Crippen LogP contribution in [0.3, 0.4) is 0 Å². The molecular weight excluding hydrogens is 348 g/mol. The van der Waals surface area contributed by atoms with Gasteiger partial charge in [-0.1, -0.05) is 6.92 Å². The van der Waals surface area contributed by atoms with Gasteiger partial charge in [0.25, 0.3) is 0 Å². The average molecular weight is 367 g/mol. The first kappa shape index (κ1) is 17.0. The lowest BCUT2D eigenvalue weighted by Crippen LogP contribution is -2.34. The highest BCUT2D eigenvalue weighted by Crippen LogP contribution is 2.38. The maximum atomic E-state index is 14.5. The van der Waals surface area contributed by atoms with Gasteiger partial charge in [0.15, 0.2) is 11.6 Å². The molecule has 2 unspecified atom stereocenters. The lowest BCUT2D eigenvalue weighted by molar-refractivity contribution is -0.121. The number of cyclic esters (lactones) is 1. The summed E-state index contributed by atoms with van der Waals surface area (Å²) in [5, 5.41) is 2.63. The van der Waals surface area contributed by atoms with Crippen LogP contribution < -0.4 is 15.1 Å². The van der Waals surface area contributed by atoms with E-state index in [1.165, 1.54) is 4.90 Å². The molecule has 2 amide bonds. The fourth-order valence-electron chi connectivity index (χ4n) is 3.39. The molecule has 3 saturated heterocycles. The van der Waals surface area contributed by atoms with E-state index in [0.717, 1.165) is 12.1 Å². The molecule has 7 nitrogen and oxygen atoms in total. The molecule has 3 atom stereocenters. The van der Waals surface area contributed by atoms with Crippen LogP contribution in [0, 0.1) is 11.6 Å². The molecular formula is C17H19F2N3O4. The minimum atomic E-state index is -0.725. The van der Waals surface area contributed by atoms with E-state index in [4.69, 9.17) is 9.47 Å². The second-order valence-corrected chi connectivity index (χ2v) is 6.65. The Labute approximate surface area is 148 Å². The number of nitrogens with one attached hydrogen (secondary N) is 1. The Balaban J connectivity index is 1.47. The van der Waals surface area contributed by atoms with Gasteiger partial charge in [-0.2, -0.15) is 0 Å². The third kappa shape index (κ3) is 3.07. The van der Waals surface area contributed by atoms with Crippen LogP contribution in [0.5, 0.6) is 0 Å². The number of nitrogens with zero attached hydrogens (tertiary/aromatic N) is 2. The van der Waals surface area contributed by atoms with E-state index in [1.807, 2.05) is 0 Å². The Kier molecular flexibility index (Phi) is 4.18. The van der Waals surface area contributed by atoms with Gasteiger partial charge in [-0.05, 0) is 0 Å². The molecule has 1 N–H and O–H groups in total. The monoisotopic (exact) mass is 367 g/mol. The number of epoxide rings is 1. The van der Waals surface area contributed by atoms with E-state index in [-0.39, 0.29) is 42.6 Å². The topological polar surface area (TPSA) is 74.4 Å². The third-order valence-corrected chi connectivity index (χ3v) is 4.84. The summed E-state index contributed by atoms with van der Waals surface area (Å²) in [4.78, 5) is 26.1. The van der Waals surface area contributed by atoms with E-state index in [9.17, 15) is 18.4 Å². The summed E-state index contributed by atoms with van der Waals surface area (Å²) in [5.41, 5.74) is 0.00236. The lowest BCUT2D eigenvalue weighted by atomic mass is 10.2. The normalized spacial score (nSPS) is 26.7. The SMILES string of the molecule is CCC(=O)NC[C@H]1CN(c2cc(F)c(N3CC4OC4C3)c(F)c2)C(=O)O1. The van der Waals surface area contributed by atoms with E-state index in [1.54, 1.807) is 11.8 Å². The van der Waals surface area contributed by atoms with Crippen LogP contribution in [0.1, 0.15) is 13.3 Å². The molecule has 0 radical (unpaired) electrons. The number of carbonyl (C=O) groups excluding carboxylic acids is 2. The fourth-order valence-corrected chi connectivity index (χ4v) is 3.39. The number of halogens is 2. The molecule has 26 heavy (non-hydrogen) atoms. The predicted octanol–water partition coefficient (Wildman–Crippen LogP) is 1.40. The predicted molar refractivity (Wildman–Crippen MR) is 88.1 cm³/mol. The molecule has 4 rings (SSSR count). The number of rotatable bonds is 5. The second-order valence-electron chi connectivity index (χ2n) is 6.65. The van der Waals surface area contributed by atoms with Crippen molar-refractivity contribution in [3.05, 3.63) is 23.8 Å². The van der Waals surface area contributed by atoms with Gasteiger partial charge < -0.3 is 19.7 Å². The van der Waals surface area contributed by atoms with E-state index in [0.29, 0.717) is 19.5 Å². The van der Waals surface area contributed by atoms with Crippen molar-refractivity contribution in [2.75, 3.05) is 36.0 Å². The molecule has 0 bridgehead atoms. The Hall–Kier alpha value is -2.42. The van der Waals surface area contributed by atoms with Crippen LogP contribution in [0.2, 0.25) is 0 Å². The molecule has 0 saturated carbocycles. The van der Waals surface area contributed by atoms with Gasteiger partial charge in [-0.3, -0.25) is 9.69 Å². The van der Waals surface area contributed by atoms with Gasteiger partial charge >= 0.3 is 6.09 Å². The largest absolute Gasteiger partial charge is 0.442 e. The number of fused-ring (bicyclic) bond motifs is 1. The molecule has 3 heterocycles. The summed E-state index contributed by atoms with van der Waals surface area (Å²) in [6.07, 6.45) is -0.817. The van der Waals surface area contributed by atoms with Crippen molar-refractivity contribution < 1.29 is 27.8 Å². The standard InChI is InChI=1S/C17H19F2N3O4/c1-2-15(23)20-5-10-6-22(17(24)25-10)9-3-11(18)16(12(19)4-9)21-7-13-14(8-21)26-13/h3-4,10,13-14H,2,5-8H2,1H3,(H,20,23)/t10-,13?,14?/m0/s1. The van der Waals surface area contributed by atoms with Crippen LogP contribution in [0.25, 0.3) is 0 Å². The molecule has 1 aromatic rings. The maximum Gasteiger partial charge on any atom is 0.414 e. The quantitative estimate of drug-likeness (QED) is 0.797. The zero-order valence-corrected chi connectivity index (χ0v) is 14.2. The smallest absolute Gasteiger partial charge is 0.414 e. The summed E-state index contributed by atoms with van der Waals surface area (Å²) in [5.74, 6) is -1.61. The molecule has 3 aliphatic rings. The number of anilines is 2. The highest BCUT2D eigenvalue weighted by atomic mass is 19.1. The first-order valence-electron chi connectivity index (χ1n) is 8.60. The van der Waals surface area contributed by atoms with Crippen LogP contribution in [-0.4, -0.2) is 56.5 Å². The number of hydrogen-bond donors (Lipinski definition) is 1. The average Bonchev–Trinajstić information content (AvgIpc) is 3.03. The maximum absolute atomic E-state index is 14.5. The number of morpholine rings is 1. The van der Waals surface area contributed by atoms with E-state index in [2.05, 4.69) is 5.32 Å². The van der Waals surface area contributed by atoms with Gasteiger partial charge in [-0.15, -0.1) is 0 Å². The number of ether oxygens (including phenoxy) is 2. The Bertz CT molecular complexity index is 727. The van der Waals surface area contributed by atoms with Crippen molar-refractivity contribution in [2.24, 2.45) is 0 Å².